The average molecular weight is 482 g/mol. The topological polar surface area (TPSA) is 128 Å². The lowest BCUT2D eigenvalue weighted by atomic mass is 10.1. The second kappa shape index (κ2) is 11.8. The summed E-state index contributed by atoms with van der Waals surface area (Å²) in [7, 11) is 0. The summed E-state index contributed by atoms with van der Waals surface area (Å²) in [6.45, 7) is 3.52. The Bertz CT molecular complexity index is 1100. The van der Waals surface area contributed by atoms with E-state index >= 15 is 0 Å². The summed E-state index contributed by atoms with van der Waals surface area (Å²) in [6, 6.07) is 12.4. The van der Waals surface area contributed by atoms with Crippen molar-refractivity contribution in [2.75, 3.05) is 36.6 Å². The molecule has 10 nitrogen and oxygen atoms in total. The highest BCUT2D eigenvalue weighted by Gasteiger charge is 2.36. The molecule has 0 aliphatic carbocycles. The Kier molecular flexibility index (Phi) is 8.55. The number of esters is 3. The van der Waals surface area contributed by atoms with Crippen LogP contribution in [-0.4, -0.2) is 56.1 Å². The van der Waals surface area contributed by atoms with E-state index in [2.05, 4.69) is 5.32 Å². The number of carbonyl (C=O) groups is 5. The summed E-state index contributed by atoms with van der Waals surface area (Å²) in [4.78, 5) is 61.9. The van der Waals surface area contributed by atoms with Crippen LogP contribution in [0.4, 0.5) is 11.4 Å². The van der Waals surface area contributed by atoms with E-state index in [4.69, 9.17) is 14.2 Å². The third kappa shape index (κ3) is 6.66. The number of nitrogens with zero attached hydrogens (tertiary/aromatic N) is 1. The van der Waals surface area contributed by atoms with Crippen LogP contribution in [0.1, 0.15) is 41.0 Å². The molecule has 184 valence electrons. The third-order valence-electron chi connectivity index (χ3n) is 5.17. The molecule has 1 fully saturated rings. The Morgan fingerprint density at radius 3 is 1.94 bits per heavy atom. The molecule has 2 aromatic carbocycles. The van der Waals surface area contributed by atoms with Gasteiger partial charge in [0.1, 0.15) is 0 Å². The van der Waals surface area contributed by atoms with Gasteiger partial charge in [0.15, 0.2) is 6.61 Å². The Labute approximate surface area is 202 Å². The number of nitrogens with one attached hydrogen (secondary N) is 1. The molecule has 0 unspecified atom stereocenters. The second-order valence-corrected chi connectivity index (χ2v) is 7.63. The van der Waals surface area contributed by atoms with Gasteiger partial charge in [-0.05, 0) is 62.4 Å². The van der Waals surface area contributed by atoms with Crippen LogP contribution in [0.5, 0.6) is 0 Å². The second-order valence-electron chi connectivity index (χ2n) is 7.63. The van der Waals surface area contributed by atoms with Crippen LogP contribution in [0, 0.1) is 5.92 Å². The fourth-order valence-electron chi connectivity index (χ4n) is 3.46. The van der Waals surface area contributed by atoms with Gasteiger partial charge in [0.25, 0.3) is 5.91 Å². The molecule has 0 bridgehead atoms. The largest absolute Gasteiger partial charge is 0.462 e. The van der Waals surface area contributed by atoms with E-state index in [-0.39, 0.29) is 32.1 Å². The first-order valence-corrected chi connectivity index (χ1v) is 11.1. The van der Waals surface area contributed by atoms with Gasteiger partial charge in [0.05, 0.1) is 30.3 Å². The molecule has 1 N–H and O–H groups in total. The summed E-state index contributed by atoms with van der Waals surface area (Å²) < 4.78 is 14.9. The van der Waals surface area contributed by atoms with Crippen molar-refractivity contribution in [3.05, 3.63) is 59.7 Å². The van der Waals surface area contributed by atoms with Crippen LogP contribution in [0.15, 0.2) is 48.5 Å². The molecule has 1 aliphatic heterocycles. The van der Waals surface area contributed by atoms with Gasteiger partial charge in [0, 0.05) is 24.3 Å². The van der Waals surface area contributed by atoms with E-state index in [0.717, 1.165) is 0 Å². The van der Waals surface area contributed by atoms with Gasteiger partial charge in [-0.25, -0.2) is 9.59 Å². The van der Waals surface area contributed by atoms with Gasteiger partial charge in [-0.15, -0.1) is 0 Å². The Balaban J connectivity index is 1.49. The highest BCUT2D eigenvalue weighted by molar-refractivity contribution is 6.00. The average Bonchev–Trinajstić information content (AvgIpc) is 3.25. The third-order valence-corrected chi connectivity index (χ3v) is 5.17. The molecular weight excluding hydrogens is 456 g/mol. The van der Waals surface area contributed by atoms with Gasteiger partial charge in [0.2, 0.25) is 5.91 Å². The molecule has 0 saturated carbocycles. The number of carbonyl (C=O) groups excluding carboxylic acids is 5. The summed E-state index contributed by atoms with van der Waals surface area (Å²) in [5, 5.41) is 2.57. The smallest absolute Gasteiger partial charge is 0.338 e. The van der Waals surface area contributed by atoms with Crippen LogP contribution in [-0.2, 0) is 28.6 Å². The van der Waals surface area contributed by atoms with Crippen LogP contribution < -0.4 is 10.2 Å². The van der Waals surface area contributed by atoms with Crippen molar-refractivity contribution >= 4 is 41.1 Å². The summed E-state index contributed by atoms with van der Waals surface area (Å²) in [6.07, 6.45) is -0.0462. The van der Waals surface area contributed by atoms with E-state index < -0.39 is 36.3 Å². The number of rotatable bonds is 9. The van der Waals surface area contributed by atoms with E-state index in [9.17, 15) is 24.0 Å². The lowest BCUT2D eigenvalue weighted by Gasteiger charge is -2.17. The SMILES string of the molecule is CCOC(=O)c1ccc(NC(=O)COC(=O)[C@@H]2CC(=O)N(c3ccc(C(=O)OCC)cc3)C2)cc1. The van der Waals surface area contributed by atoms with Gasteiger partial charge < -0.3 is 24.4 Å². The first-order valence-electron chi connectivity index (χ1n) is 11.1. The number of anilines is 2. The quantitative estimate of drug-likeness (QED) is 0.427. The zero-order valence-electron chi connectivity index (χ0n) is 19.4. The van der Waals surface area contributed by atoms with Crippen LogP contribution in [0.3, 0.4) is 0 Å². The molecule has 0 aromatic heterocycles. The monoisotopic (exact) mass is 482 g/mol. The Morgan fingerprint density at radius 2 is 1.40 bits per heavy atom. The molecular formula is C25H26N2O8. The lowest BCUT2D eigenvalue weighted by Crippen LogP contribution is -2.28. The fourth-order valence-corrected chi connectivity index (χ4v) is 3.46. The van der Waals surface area contributed by atoms with Gasteiger partial charge in [-0.2, -0.15) is 0 Å². The van der Waals surface area contributed by atoms with Crippen molar-refractivity contribution in [3.63, 3.8) is 0 Å². The van der Waals surface area contributed by atoms with Gasteiger partial charge >= 0.3 is 17.9 Å². The van der Waals surface area contributed by atoms with E-state index in [1.54, 1.807) is 38.1 Å². The maximum absolute atomic E-state index is 12.4. The molecule has 1 saturated heterocycles. The zero-order chi connectivity index (χ0) is 25.4. The summed E-state index contributed by atoms with van der Waals surface area (Å²) in [5.74, 6) is -3.11. The van der Waals surface area contributed by atoms with Crippen molar-refractivity contribution in [2.45, 2.75) is 20.3 Å². The van der Waals surface area contributed by atoms with Gasteiger partial charge in [-0.3, -0.25) is 14.4 Å². The standard InChI is InChI=1S/C25H26N2O8/c1-3-33-23(30)16-5-9-19(10-6-16)26-21(28)15-35-25(32)18-13-22(29)27(14-18)20-11-7-17(8-12-20)24(31)34-4-2/h5-12,18H,3-4,13-15H2,1-2H3,(H,26,28)/t18-/m1/s1. The maximum atomic E-state index is 12.4. The molecule has 10 heteroatoms. The molecule has 2 aromatic rings. The molecule has 1 aliphatic rings. The van der Waals surface area contributed by atoms with E-state index in [1.165, 1.54) is 29.2 Å². The molecule has 1 heterocycles. The minimum Gasteiger partial charge on any atom is -0.462 e. The summed E-state index contributed by atoms with van der Waals surface area (Å²) >= 11 is 0. The van der Waals surface area contributed by atoms with E-state index in [1.807, 2.05) is 0 Å². The Hall–Kier alpha value is -4.21. The molecule has 35 heavy (non-hydrogen) atoms. The molecule has 0 spiro atoms. The lowest BCUT2D eigenvalue weighted by molar-refractivity contribution is -0.151. The Morgan fingerprint density at radius 1 is 0.857 bits per heavy atom. The number of hydrogen-bond donors (Lipinski definition) is 1. The van der Waals surface area contributed by atoms with Crippen LogP contribution >= 0.6 is 0 Å². The maximum Gasteiger partial charge on any atom is 0.338 e. The van der Waals surface area contributed by atoms with Crippen molar-refractivity contribution in [2.24, 2.45) is 5.92 Å². The summed E-state index contributed by atoms with van der Waals surface area (Å²) in [5.41, 5.74) is 1.68. The predicted octanol–water partition coefficient (Wildman–Crippen LogP) is 2.57. The number of amides is 2. The minimum atomic E-state index is -0.719. The molecule has 0 radical (unpaired) electrons. The van der Waals surface area contributed by atoms with Crippen molar-refractivity contribution in [1.82, 2.24) is 0 Å². The van der Waals surface area contributed by atoms with Crippen molar-refractivity contribution in [3.8, 4) is 0 Å². The molecule has 2 amide bonds. The zero-order valence-corrected chi connectivity index (χ0v) is 19.4. The molecule has 1 atom stereocenters. The number of ether oxygens (including phenoxy) is 3. The van der Waals surface area contributed by atoms with Crippen molar-refractivity contribution in [1.29, 1.82) is 0 Å². The number of benzene rings is 2. The van der Waals surface area contributed by atoms with Crippen LogP contribution in [0.25, 0.3) is 0 Å². The fraction of sp³-hybridized carbons (Fsp3) is 0.320. The van der Waals surface area contributed by atoms with Crippen LogP contribution in [0.2, 0.25) is 0 Å². The minimum absolute atomic E-state index is 0.0462. The first kappa shape index (κ1) is 25.4. The van der Waals surface area contributed by atoms with Crippen molar-refractivity contribution < 1.29 is 38.2 Å². The highest BCUT2D eigenvalue weighted by atomic mass is 16.5. The van der Waals surface area contributed by atoms with Gasteiger partial charge in [-0.1, -0.05) is 0 Å². The number of hydrogen-bond acceptors (Lipinski definition) is 8. The highest BCUT2D eigenvalue weighted by Crippen LogP contribution is 2.26. The van der Waals surface area contributed by atoms with E-state index in [0.29, 0.717) is 22.5 Å². The normalized spacial score (nSPS) is 14.9. The molecule has 3 rings (SSSR count). The first-order chi connectivity index (χ1) is 16.8. The predicted molar refractivity (Wildman–Crippen MR) is 125 cm³/mol.